The lowest BCUT2D eigenvalue weighted by molar-refractivity contribution is -0.154. The number of halogens is 1. The van der Waals surface area contributed by atoms with Crippen molar-refractivity contribution in [3.63, 3.8) is 0 Å². The van der Waals surface area contributed by atoms with Gasteiger partial charge < -0.3 is 9.64 Å². The Morgan fingerprint density at radius 3 is 2.44 bits per heavy atom. The predicted molar refractivity (Wildman–Crippen MR) is 106 cm³/mol. The summed E-state index contributed by atoms with van der Waals surface area (Å²) >= 11 is 3.43. The van der Waals surface area contributed by atoms with Crippen molar-refractivity contribution >= 4 is 33.3 Å². The number of nitrogens with zero attached hydrogens (tertiary/aromatic N) is 2. The van der Waals surface area contributed by atoms with Gasteiger partial charge >= 0.3 is 5.97 Å². The maximum absolute atomic E-state index is 11.6. The van der Waals surface area contributed by atoms with Crippen LogP contribution in [-0.2, 0) is 9.53 Å². The maximum Gasteiger partial charge on any atom is 0.306 e. The molecule has 5 nitrogen and oxygen atoms in total. The number of ether oxygens (including phenoxy) is 1. The summed E-state index contributed by atoms with van der Waals surface area (Å²) in [4.78, 5) is 24.6. The van der Waals surface area contributed by atoms with Crippen LogP contribution in [0.15, 0.2) is 27.8 Å². The van der Waals surface area contributed by atoms with E-state index in [1.54, 1.807) is 6.07 Å². The van der Waals surface area contributed by atoms with Gasteiger partial charge in [0.15, 0.2) is 0 Å². The lowest BCUT2D eigenvalue weighted by atomic mass is 10.1. The first-order valence-electron chi connectivity index (χ1n) is 8.79. The van der Waals surface area contributed by atoms with Gasteiger partial charge in [0, 0.05) is 24.5 Å². The van der Waals surface area contributed by atoms with Crippen molar-refractivity contribution < 1.29 is 9.53 Å². The lowest BCUT2D eigenvalue weighted by Gasteiger charge is -2.20. The molecule has 0 bridgehead atoms. The Balaban J connectivity index is 2.21. The predicted octanol–water partition coefficient (Wildman–Crippen LogP) is 5.97. The Kier molecular flexibility index (Phi) is 9.11. The van der Waals surface area contributed by atoms with Gasteiger partial charge in [0.05, 0.1) is 5.69 Å². The molecule has 6 heteroatoms. The average molecular weight is 413 g/mol. The molecule has 0 saturated carbocycles. The molecule has 0 N–H and O–H groups in total. The first kappa shape index (κ1) is 21.6. The molecule has 0 unspecified atom stereocenters. The maximum atomic E-state index is 11.6. The second-order valence-electron chi connectivity index (χ2n) is 7.25. The standard InChI is InChI=1S/C19H29BrN2O3/c1-19(2,3)25-18(23)10-8-6-5-7-9-13-22(4)17-14-15(20)11-12-16(17)21-24/h11-12,14H,5-10,13H2,1-4H3. The fourth-order valence-electron chi connectivity index (χ4n) is 2.54. The summed E-state index contributed by atoms with van der Waals surface area (Å²) in [5.74, 6) is -0.115. The van der Waals surface area contributed by atoms with E-state index < -0.39 is 5.60 Å². The number of unbranched alkanes of at least 4 members (excludes halogenated alkanes) is 4. The third-order valence-electron chi connectivity index (χ3n) is 3.74. The number of benzene rings is 1. The minimum Gasteiger partial charge on any atom is -0.460 e. The van der Waals surface area contributed by atoms with Gasteiger partial charge in [-0.15, -0.1) is 4.91 Å². The largest absolute Gasteiger partial charge is 0.460 e. The number of carbonyl (C=O) groups is 1. The minimum atomic E-state index is -0.399. The zero-order valence-corrected chi connectivity index (χ0v) is 17.3. The summed E-state index contributed by atoms with van der Waals surface area (Å²) < 4.78 is 6.23. The second-order valence-corrected chi connectivity index (χ2v) is 8.17. The van der Waals surface area contributed by atoms with Gasteiger partial charge in [-0.1, -0.05) is 35.2 Å². The molecule has 0 atom stereocenters. The normalized spacial score (nSPS) is 11.2. The van der Waals surface area contributed by atoms with Crippen LogP contribution in [0.5, 0.6) is 0 Å². The molecule has 0 radical (unpaired) electrons. The Labute approximate surface area is 159 Å². The van der Waals surface area contributed by atoms with Crippen molar-refractivity contribution in [2.75, 3.05) is 18.5 Å². The van der Waals surface area contributed by atoms with Crippen LogP contribution in [0.25, 0.3) is 0 Å². The second kappa shape index (κ2) is 10.5. The lowest BCUT2D eigenvalue weighted by Crippen LogP contribution is -2.23. The van der Waals surface area contributed by atoms with E-state index in [1.165, 1.54) is 0 Å². The summed E-state index contributed by atoms with van der Waals surface area (Å²) in [5.41, 5.74) is 0.904. The third-order valence-corrected chi connectivity index (χ3v) is 4.23. The zero-order valence-electron chi connectivity index (χ0n) is 15.7. The van der Waals surface area contributed by atoms with E-state index in [9.17, 15) is 9.70 Å². The van der Waals surface area contributed by atoms with E-state index in [-0.39, 0.29) is 5.97 Å². The SMILES string of the molecule is CN(CCCCCCCC(=O)OC(C)(C)C)c1cc(Br)ccc1N=O. The summed E-state index contributed by atoms with van der Waals surface area (Å²) in [6.45, 7) is 6.53. The average Bonchev–Trinajstić information content (AvgIpc) is 2.52. The topological polar surface area (TPSA) is 59.0 Å². The summed E-state index contributed by atoms with van der Waals surface area (Å²) in [6.07, 6.45) is 5.61. The number of rotatable bonds is 10. The molecular weight excluding hydrogens is 384 g/mol. The van der Waals surface area contributed by atoms with Crippen molar-refractivity contribution in [2.24, 2.45) is 5.18 Å². The smallest absolute Gasteiger partial charge is 0.306 e. The number of esters is 1. The van der Waals surface area contributed by atoms with Crippen LogP contribution in [-0.4, -0.2) is 25.2 Å². The Morgan fingerprint density at radius 1 is 1.16 bits per heavy atom. The summed E-state index contributed by atoms with van der Waals surface area (Å²) in [6, 6.07) is 5.45. The molecule has 0 aliphatic rings. The monoisotopic (exact) mass is 412 g/mol. The highest BCUT2D eigenvalue weighted by Gasteiger charge is 2.15. The molecular formula is C19H29BrN2O3. The number of hydrogen-bond acceptors (Lipinski definition) is 5. The van der Waals surface area contributed by atoms with Gasteiger partial charge in [0.2, 0.25) is 0 Å². The molecule has 1 aromatic rings. The van der Waals surface area contributed by atoms with Crippen molar-refractivity contribution in [1.29, 1.82) is 0 Å². The molecule has 25 heavy (non-hydrogen) atoms. The van der Waals surface area contributed by atoms with Crippen LogP contribution in [0.2, 0.25) is 0 Å². The molecule has 0 fully saturated rings. The zero-order chi connectivity index (χ0) is 18.9. The fourth-order valence-corrected chi connectivity index (χ4v) is 2.89. The van der Waals surface area contributed by atoms with E-state index in [0.717, 1.165) is 48.8 Å². The highest BCUT2D eigenvalue weighted by molar-refractivity contribution is 9.10. The molecule has 0 aromatic heterocycles. The quantitative estimate of drug-likeness (QED) is 0.270. The Morgan fingerprint density at radius 2 is 1.80 bits per heavy atom. The number of hydrogen-bond donors (Lipinski definition) is 0. The number of nitroso groups, excluding NO2 is 1. The molecule has 1 rings (SSSR count). The van der Waals surface area contributed by atoms with Crippen molar-refractivity contribution in [2.45, 2.75) is 64.9 Å². The highest BCUT2D eigenvalue weighted by Crippen LogP contribution is 2.31. The molecule has 140 valence electrons. The third kappa shape index (κ3) is 9.00. The molecule has 0 aliphatic heterocycles. The van der Waals surface area contributed by atoms with E-state index in [0.29, 0.717) is 12.1 Å². The van der Waals surface area contributed by atoms with Crippen LogP contribution in [0, 0.1) is 4.91 Å². The molecule has 1 aromatic carbocycles. The van der Waals surface area contributed by atoms with E-state index >= 15 is 0 Å². The van der Waals surface area contributed by atoms with Crippen LogP contribution >= 0.6 is 15.9 Å². The van der Waals surface area contributed by atoms with Crippen LogP contribution in [0.1, 0.15) is 59.3 Å². The van der Waals surface area contributed by atoms with E-state index in [2.05, 4.69) is 26.0 Å². The fraction of sp³-hybridized carbons (Fsp3) is 0.632. The van der Waals surface area contributed by atoms with Gasteiger partial charge in [-0.05, 0) is 57.0 Å². The van der Waals surface area contributed by atoms with Crippen molar-refractivity contribution in [3.05, 3.63) is 27.6 Å². The van der Waals surface area contributed by atoms with Gasteiger partial charge in [-0.3, -0.25) is 4.79 Å². The number of anilines is 1. The summed E-state index contributed by atoms with van der Waals surface area (Å²) in [5, 5.41) is 3.09. The van der Waals surface area contributed by atoms with E-state index in [1.807, 2.05) is 40.0 Å². The minimum absolute atomic E-state index is 0.115. The van der Waals surface area contributed by atoms with Gasteiger partial charge in [0.25, 0.3) is 0 Å². The number of carbonyl (C=O) groups excluding carboxylic acids is 1. The van der Waals surface area contributed by atoms with E-state index in [4.69, 9.17) is 4.74 Å². The van der Waals surface area contributed by atoms with Crippen molar-refractivity contribution in [3.8, 4) is 0 Å². The van der Waals surface area contributed by atoms with Crippen molar-refractivity contribution in [1.82, 2.24) is 0 Å². The molecule has 0 heterocycles. The van der Waals surface area contributed by atoms with Gasteiger partial charge in [-0.25, -0.2) is 0 Å². The van der Waals surface area contributed by atoms with Gasteiger partial charge in [0.1, 0.15) is 11.3 Å². The summed E-state index contributed by atoms with van der Waals surface area (Å²) in [7, 11) is 1.97. The van der Waals surface area contributed by atoms with Crippen LogP contribution in [0.4, 0.5) is 11.4 Å². The first-order valence-corrected chi connectivity index (χ1v) is 9.58. The molecule has 0 saturated heterocycles. The molecule has 0 amide bonds. The molecule has 0 aliphatic carbocycles. The Bertz CT molecular complexity index is 570. The van der Waals surface area contributed by atoms with Crippen LogP contribution < -0.4 is 4.90 Å². The van der Waals surface area contributed by atoms with Crippen LogP contribution in [0.3, 0.4) is 0 Å². The Hall–Kier alpha value is -1.43. The van der Waals surface area contributed by atoms with Gasteiger partial charge in [-0.2, -0.15) is 0 Å². The first-order chi connectivity index (χ1) is 11.7. The molecule has 0 spiro atoms. The highest BCUT2D eigenvalue weighted by atomic mass is 79.9.